The third-order valence-corrected chi connectivity index (χ3v) is 11.6. The molecule has 2 bridgehead atoms. The van der Waals surface area contributed by atoms with E-state index >= 15 is 0 Å². The van der Waals surface area contributed by atoms with E-state index in [2.05, 4.69) is 38.7 Å². The number of hydrogen-bond acceptors (Lipinski definition) is 4. The van der Waals surface area contributed by atoms with Gasteiger partial charge in [0, 0.05) is 0 Å². The molecule has 34 heavy (non-hydrogen) atoms. The van der Waals surface area contributed by atoms with Crippen molar-refractivity contribution in [1.29, 1.82) is 0 Å². The van der Waals surface area contributed by atoms with Crippen molar-refractivity contribution in [3.8, 4) is 17.4 Å². The van der Waals surface area contributed by atoms with E-state index in [1.807, 2.05) is 0 Å². The molecule has 2 N–H and O–H groups in total. The Kier molecular flexibility index (Phi) is 4.86. The molecule has 2 unspecified atom stereocenters. The topological polar surface area (TPSA) is 68.2 Å². The first-order valence-electron chi connectivity index (χ1n) is 10.8. The Morgan fingerprint density at radius 2 is 1.68 bits per heavy atom. The van der Waals surface area contributed by atoms with Crippen LogP contribution < -0.4 is 0 Å². The normalized spacial score (nSPS) is 24.1. The lowest BCUT2D eigenvalue weighted by molar-refractivity contribution is -0.136. The lowest BCUT2D eigenvalue weighted by Gasteiger charge is -2.39. The van der Waals surface area contributed by atoms with Crippen LogP contribution in [0.4, 0.5) is 18.9 Å². The minimum Gasteiger partial charge on any atom is -0.544 e. The number of ether oxygens (including phenoxy) is 1. The van der Waals surface area contributed by atoms with Crippen molar-refractivity contribution < 1.29 is 32.5 Å². The third-order valence-electron chi connectivity index (χ3n) is 7.22. The average Bonchev–Trinajstić information content (AvgIpc) is 3.20. The first-order chi connectivity index (χ1) is 15.4. The SMILES string of the molecule is [C-]#[N+]c1ccc(-n2c(O)c3c(c2O)C2(C)OC3(C)C=C2O[Si](C)(C)C(C)(C)C)cc1C(F)(F)F. The fourth-order valence-electron chi connectivity index (χ4n) is 4.45. The zero-order valence-corrected chi connectivity index (χ0v) is 21.0. The lowest BCUT2D eigenvalue weighted by Crippen LogP contribution is -2.42. The summed E-state index contributed by atoms with van der Waals surface area (Å²) in [5.41, 5.74) is -3.67. The van der Waals surface area contributed by atoms with Gasteiger partial charge in [-0.25, -0.2) is 4.85 Å². The third kappa shape index (κ3) is 3.17. The van der Waals surface area contributed by atoms with Crippen LogP contribution in [0.3, 0.4) is 0 Å². The first-order valence-corrected chi connectivity index (χ1v) is 13.7. The van der Waals surface area contributed by atoms with Crippen molar-refractivity contribution >= 4 is 14.0 Å². The molecule has 2 aliphatic rings. The van der Waals surface area contributed by atoms with E-state index < -0.39 is 48.7 Å². The number of alkyl halides is 3. The van der Waals surface area contributed by atoms with Crippen molar-refractivity contribution in [2.24, 2.45) is 0 Å². The summed E-state index contributed by atoms with van der Waals surface area (Å²) in [6, 6.07) is 3.02. The maximum Gasteiger partial charge on any atom is 0.407 e. The summed E-state index contributed by atoms with van der Waals surface area (Å²) >= 11 is 0. The quantitative estimate of drug-likeness (QED) is 0.364. The molecule has 2 aromatic rings. The smallest absolute Gasteiger partial charge is 0.407 e. The maximum atomic E-state index is 13.5. The summed E-state index contributed by atoms with van der Waals surface area (Å²) in [5.74, 6) is -0.349. The highest BCUT2D eigenvalue weighted by atomic mass is 28.4. The largest absolute Gasteiger partial charge is 0.544 e. The molecule has 0 amide bonds. The molecule has 1 aromatic carbocycles. The van der Waals surface area contributed by atoms with Gasteiger partial charge in [-0.05, 0) is 50.2 Å². The van der Waals surface area contributed by atoms with Crippen LogP contribution in [-0.2, 0) is 26.5 Å². The summed E-state index contributed by atoms with van der Waals surface area (Å²) in [6.45, 7) is 20.9. The van der Waals surface area contributed by atoms with Crippen LogP contribution in [0.1, 0.15) is 51.3 Å². The van der Waals surface area contributed by atoms with Gasteiger partial charge in [0.1, 0.15) is 11.4 Å². The summed E-state index contributed by atoms with van der Waals surface area (Å²) in [5, 5.41) is 22.2. The summed E-state index contributed by atoms with van der Waals surface area (Å²) in [6.07, 6.45) is -3.01. The highest BCUT2D eigenvalue weighted by Gasteiger charge is 2.62. The van der Waals surface area contributed by atoms with Crippen molar-refractivity contribution in [3.05, 3.63) is 58.1 Å². The van der Waals surface area contributed by atoms with Crippen molar-refractivity contribution in [2.75, 3.05) is 0 Å². The van der Waals surface area contributed by atoms with Gasteiger partial charge in [-0.15, -0.1) is 0 Å². The molecule has 0 radical (unpaired) electrons. The zero-order chi connectivity index (χ0) is 25.6. The van der Waals surface area contributed by atoms with Crippen LogP contribution >= 0.6 is 0 Å². The molecular formula is C24H27F3N2O4Si. The molecule has 2 aliphatic heterocycles. The van der Waals surface area contributed by atoms with Crippen LogP contribution in [-0.4, -0.2) is 23.1 Å². The molecule has 0 saturated carbocycles. The Hall–Kier alpha value is -2.90. The molecule has 4 rings (SSSR count). The van der Waals surface area contributed by atoms with Gasteiger partial charge in [0.25, 0.3) is 0 Å². The van der Waals surface area contributed by atoms with E-state index in [1.54, 1.807) is 19.9 Å². The second kappa shape index (κ2) is 6.83. The molecule has 10 heteroatoms. The van der Waals surface area contributed by atoms with Crippen LogP contribution in [0.5, 0.6) is 11.8 Å². The molecule has 0 saturated heterocycles. The van der Waals surface area contributed by atoms with Crippen LogP contribution in [0.2, 0.25) is 18.1 Å². The predicted molar refractivity (Wildman–Crippen MR) is 123 cm³/mol. The van der Waals surface area contributed by atoms with Gasteiger partial charge in [-0.2, -0.15) is 13.2 Å². The average molecular weight is 493 g/mol. The number of halogens is 3. The van der Waals surface area contributed by atoms with Gasteiger partial charge in [0.2, 0.25) is 20.1 Å². The maximum absolute atomic E-state index is 13.5. The highest BCUT2D eigenvalue weighted by molar-refractivity contribution is 6.74. The van der Waals surface area contributed by atoms with Crippen molar-refractivity contribution in [1.82, 2.24) is 4.57 Å². The first kappa shape index (κ1) is 24.2. The number of rotatable bonds is 3. The van der Waals surface area contributed by atoms with Gasteiger partial charge in [-0.3, -0.25) is 4.57 Å². The number of aromatic nitrogens is 1. The predicted octanol–water partition coefficient (Wildman–Crippen LogP) is 6.84. The summed E-state index contributed by atoms with van der Waals surface area (Å²) in [7, 11) is -2.29. The molecule has 1 aromatic heterocycles. The number of benzene rings is 1. The molecule has 0 fully saturated rings. The minimum atomic E-state index is -4.77. The van der Waals surface area contributed by atoms with Gasteiger partial charge in [0.05, 0.1) is 28.9 Å². The monoisotopic (exact) mass is 492 g/mol. The van der Waals surface area contributed by atoms with Gasteiger partial charge in [-0.1, -0.05) is 26.8 Å². The standard InChI is InChI=1S/C24H27F3N2O4Si/c1-21(2,3)34(7,8)32-16-12-22(4)17-18(23(16,5)33-22)20(31)29(19(17)30)13-9-10-15(28-6)14(11-13)24(25,26)27/h9-12,30-31H,1-5,7-8H3. The van der Waals surface area contributed by atoms with Crippen molar-refractivity contribution in [2.45, 2.75) is 70.1 Å². The fraction of sp³-hybridized carbons (Fsp3) is 0.458. The van der Waals surface area contributed by atoms with E-state index in [-0.39, 0.29) is 21.9 Å². The van der Waals surface area contributed by atoms with Crippen LogP contribution in [0.25, 0.3) is 10.5 Å². The minimum absolute atomic E-state index is 0.107. The van der Waals surface area contributed by atoms with Crippen LogP contribution in [0.15, 0.2) is 30.0 Å². The Morgan fingerprint density at radius 3 is 2.21 bits per heavy atom. The molecule has 0 spiro atoms. The Bertz CT molecular complexity index is 1280. The Balaban J connectivity index is 1.88. The van der Waals surface area contributed by atoms with Gasteiger partial charge >= 0.3 is 6.18 Å². The zero-order valence-electron chi connectivity index (χ0n) is 20.0. The second-order valence-electron chi connectivity index (χ2n) is 10.7. The van der Waals surface area contributed by atoms with Gasteiger partial charge in [0.15, 0.2) is 11.3 Å². The van der Waals surface area contributed by atoms with Gasteiger partial charge < -0.3 is 19.4 Å². The Labute approximate surface area is 197 Å². The number of hydrogen-bond donors (Lipinski definition) is 2. The number of aromatic hydroxyl groups is 2. The molecular weight excluding hydrogens is 465 g/mol. The van der Waals surface area contributed by atoms with Crippen LogP contribution in [0, 0.1) is 6.57 Å². The second-order valence-corrected chi connectivity index (χ2v) is 15.4. The van der Waals surface area contributed by atoms with E-state index in [9.17, 15) is 23.4 Å². The molecule has 0 aliphatic carbocycles. The van der Waals surface area contributed by atoms with E-state index in [0.29, 0.717) is 5.76 Å². The van der Waals surface area contributed by atoms with Crippen molar-refractivity contribution in [3.63, 3.8) is 0 Å². The van der Waals surface area contributed by atoms with E-state index in [0.717, 1.165) is 16.7 Å². The van der Waals surface area contributed by atoms with E-state index in [4.69, 9.17) is 15.7 Å². The molecule has 6 nitrogen and oxygen atoms in total. The summed E-state index contributed by atoms with van der Waals surface area (Å²) in [4.78, 5) is 2.94. The van der Waals surface area contributed by atoms with E-state index in [1.165, 1.54) is 6.07 Å². The number of fused-ring (bicyclic) bond motifs is 5. The number of nitrogens with zero attached hydrogens (tertiary/aromatic N) is 2. The fourth-order valence-corrected chi connectivity index (χ4v) is 5.56. The highest BCUT2D eigenvalue weighted by Crippen LogP contribution is 2.64. The lowest BCUT2D eigenvalue weighted by atomic mass is 9.84. The Morgan fingerprint density at radius 1 is 1.09 bits per heavy atom. The molecule has 2 atom stereocenters. The summed E-state index contributed by atoms with van der Waals surface area (Å²) < 4.78 is 54.3. The molecule has 182 valence electrons. The molecule has 3 heterocycles.